The molecule has 0 saturated carbocycles. The maximum atomic E-state index is 10.0. The summed E-state index contributed by atoms with van der Waals surface area (Å²) in [6.07, 6.45) is -8.04. The molecule has 0 heterocycles. The summed E-state index contributed by atoms with van der Waals surface area (Å²) in [5.74, 6) is 0. The molecule has 0 radical (unpaired) electrons. The molecule has 4 atom stereocenters. The predicted molar refractivity (Wildman–Crippen MR) is 49.4 cm³/mol. The zero-order chi connectivity index (χ0) is 12.9. The van der Waals surface area contributed by atoms with Crippen molar-refractivity contribution < 1.29 is 44.1 Å². The van der Waals surface area contributed by atoms with Crippen LogP contribution in [0.5, 0.6) is 0 Å². The smallest absolute Gasteiger partial charge is 0.790 e. The summed E-state index contributed by atoms with van der Waals surface area (Å²) < 4.78 is 13.6. The molecule has 0 fully saturated rings. The number of carbonyl (C=O) groups excluding carboxylic acids is 1. The average molecular weight is 395 g/mol. The molecule has 9 nitrogen and oxygen atoms in total. The van der Waals surface area contributed by atoms with Crippen LogP contribution < -0.4 is 9.79 Å². The van der Waals surface area contributed by atoms with Crippen LogP contribution in [0.25, 0.3) is 0 Å². The molecule has 0 aliphatic rings. The van der Waals surface area contributed by atoms with Crippen LogP contribution >= 0.6 is 7.82 Å². The summed E-state index contributed by atoms with van der Waals surface area (Å²) in [5, 5.41) is 35.9. The van der Waals surface area contributed by atoms with Gasteiger partial charge >= 0.3 is 48.9 Å². The van der Waals surface area contributed by atoms with E-state index in [0.29, 0.717) is 0 Å². The maximum Gasteiger partial charge on any atom is 2.00 e. The number of aliphatic hydroxyl groups is 4. The van der Waals surface area contributed by atoms with Gasteiger partial charge in [-0.05, 0) is 0 Å². The summed E-state index contributed by atoms with van der Waals surface area (Å²) in [5.41, 5.74) is 0. The number of carbonyl (C=O) groups is 1. The zero-order valence-electron chi connectivity index (χ0n) is 8.58. The molecule has 0 bridgehead atoms. The van der Waals surface area contributed by atoms with E-state index in [9.17, 15) is 19.1 Å². The van der Waals surface area contributed by atoms with Crippen molar-refractivity contribution in [1.82, 2.24) is 0 Å². The molecule has 0 aromatic rings. The van der Waals surface area contributed by atoms with E-state index in [0.717, 1.165) is 0 Å². The molecule has 0 rings (SSSR count). The minimum Gasteiger partial charge on any atom is -0.790 e. The van der Waals surface area contributed by atoms with E-state index in [4.69, 9.17) is 20.4 Å². The molecule has 0 aromatic carbocycles. The fraction of sp³-hybridized carbons (Fsp3) is 0.833. The van der Waals surface area contributed by atoms with Gasteiger partial charge in [0.2, 0.25) is 0 Å². The van der Waals surface area contributed by atoms with Crippen LogP contribution in [0, 0.1) is 0 Å². The largest absolute Gasteiger partial charge is 2.00 e. The fourth-order valence-electron chi connectivity index (χ4n) is 0.776. The van der Waals surface area contributed by atoms with Crippen molar-refractivity contribution in [2.45, 2.75) is 24.4 Å². The molecule has 0 aromatic heterocycles. The number of hydrogen-bond donors (Lipinski definition) is 4. The van der Waals surface area contributed by atoms with Gasteiger partial charge in [-0.2, -0.15) is 0 Å². The minimum atomic E-state index is -5.30. The van der Waals surface area contributed by atoms with Gasteiger partial charge in [0.15, 0.2) is 6.29 Å². The molecule has 0 spiro atoms. The Morgan fingerprint density at radius 1 is 1.18 bits per heavy atom. The van der Waals surface area contributed by atoms with Crippen LogP contribution in [-0.2, 0) is 13.9 Å². The normalized spacial score (nSPS) is 18.7. The Kier molecular flexibility index (Phi) is 11.0. The Bertz CT molecular complexity index is 268. The molecule has 0 amide bonds. The first-order valence-electron chi connectivity index (χ1n) is 4.03. The van der Waals surface area contributed by atoms with E-state index in [1.165, 1.54) is 0 Å². The molecule has 0 saturated heterocycles. The Hall–Kier alpha value is 1.19. The second-order valence-corrected chi connectivity index (χ2v) is 4.07. The number of aldehydes is 1. The van der Waals surface area contributed by atoms with Gasteiger partial charge in [-0.3, -0.25) is 0 Å². The molecular weight excluding hydrogens is 384 g/mol. The van der Waals surface area contributed by atoms with Crippen molar-refractivity contribution in [2.24, 2.45) is 0 Å². The number of hydrogen-bond acceptors (Lipinski definition) is 9. The van der Waals surface area contributed by atoms with E-state index >= 15 is 0 Å². The van der Waals surface area contributed by atoms with Crippen molar-refractivity contribution in [2.75, 3.05) is 6.61 Å². The molecule has 17 heavy (non-hydrogen) atoms. The van der Waals surface area contributed by atoms with Crippen molar-refractivity contribution in [3.05, 3.63) is 0 Å². The van der Waals surface area contributed by atoms with Gasteiger partial charge in [0.05, 0.1) is 14.4 Å². The van der Waals surface area contributed by atoms with E-state index in [-0.39, 0.29) is 55.2 Å². The quantitative estimate of drug-likeness (QED) is 0.187. The Morgan fingerprint density at radius 3 is 2.00 bits per heavy atom. The summed E-state index contributed by atoms with van der Waals surface area (Å²) in [4.78, 5) is 30.0. The first kappa shape index (κ1) is 20.5. The van der Waals surface area contributed by atoms with Gasteiger partial charge in [0.25, 0.3) is 0 Å². The third-order valence-electron chi connectivity index (χ3n) is 1.64. The van der Waals surface area contributed by atoms with Crippen LogP contribution in [-0.4, -0.2) is 107 Å². The molecule has 96 valence electrons. The molecular formula is C6H11BaO9P. The predicted octanol–water partition coefficient (Wildman–Crippen LogP) is -4.91. The summed E-state index contributed by atoms with van der Waals surface area (Å²) >= 11 is 0. The van der Waals surface area contributed by atoms with Gasteiger partial charge in [-0.1, -0.05) is 0 Å². The van der Waals surface area contributed by atoms with E-state index in [1.807, 2.05) is 0 Å². The van der Waals surface area contributed by atoms with Crippen molar-refractivity contribution >= 4 is 63.0 Å². The minimum absolute atomic E-state index is 0. The van der Waals surface area contributed by atoms with E-state index < -0.39 is 38.8 Å². The standard InChI is InChI=1S/C6H13O9P.Ba/c7-1-3(8)5(10)6(11)4(9)2-15-16(12,13)14;/h1,3-6,8-11H,2H2,(H2,12,13,14);/q;+2/p-2/t3-,4+,5+,6-;/m0./s1. The van der Waals surface area contributed by atoms with Crippen LogP contribution in [0.3, 0.4) is 0 Å². The van der Waals surface area contributed by atoms with Gasteiger partial charge in [0, 0.05) is 0 Å². The molecule has 0 unspecified atom stereocenters. The van der Waals surface area contributed by atoms with Crippen LogP contribution in [0.15, 0.2) is 0 Å². The van der Waals surface area contributed by atoms with Crippen molar-refractivity contribution in [1.29, 1.82) is 0 Å². The third kappa shape index (κ3) is 8.83. The average Bonchev–Trinajstić information content (AvgIpc) is 2.21. The maximum absolute atomic E-state index is 10.0. The Balaban J connectivity index is 0. The van der Waals surface area contributed by atoms with Gasteiger partial charge < -0.3 is 44.1 Å². The SMILES string of the molecule is O=C[C@H](O)[C@@H](O)[C@@H](O)[C@H](O)COP(=O)([O-])[O-].[Ba+2]. The number of phosphoric ester groups is 1. The zero-order valence-corrected chi connectivity index (χ0v) is 13.9. The van der Waals surface area contributed by atoms with E-state index in [1.54, 1.807) is 0 Å². The Morgan fingerprint density at radius 2 is 1.65 bits per heavy atom. The molecule has 11 heteroatoms. The summed E-state index contributed by atoms with van der Waals surface area (Å²) in [7, 11) is -5.30. The Labute approximate surface area is 137 Å². The van der Waals surface area contributed by atoms with Gasteiger partial charge in [-0.15, -0.1) is 0 Å². The third-order valence-corrected chi connectivity index (χ3v) is 2.10. The molecule has 0 aliphatic carbocycles. The first-order chi connectivity index (χ1) is 7.19. The van der Waals surface area contributed by atoms with E-state index in [2.05, 4.69) is 4.52 Å². The summed E-state index contributed by atoms with van der Waals surface area (Å²) in [6.45, 7) is -1.09. The second kappa shape index (κ2) is 9.15. The van der Waals surface area contributed by atoms with Crippen molar-refractivity contribution in [3.63, 3.8) is 0 Å². The van der Waals surface area contributed by atoms with Crippen LogP contribution in [0.1, 0.15) is 0 Å². The van der Waals surface area contributed by atoms with Crippen molar-refractivity contribution in [3.8, 4) is 0 Å². The fourth-order valence-corrected chi connectivity index (χ4v) is 1.11. The number of rotatable bonds is 7. The number of aliphatic hydroxyl groups excluding tert-OH is 4. The van der Waals surface area contributed by atoms with Crippen LogP contribution in [0.2, 0.25) is 0 Å². The molecule has 0 aliphatic heterocycles. The number of phosphoric acid groups is 1. The van der Waals surface area contributed by atoms with Crippen LogP contribution in [0.4, 0.5) is 0 Å². The van der Waals surface area contributed by atoms with Gasteiger partial charge in [0.1, 0.15) is 24.4 Å². The monoisotopic (exact) mass is 396 g/mol. The summed E-state index contributed by atoms with van der Waals surface area (Å²) in [6, 6.07) is 0. The molecule has 4 N–H and O–H groups in total. The topological polar surface area (TPSA) is 170 Å². The van der Waals surface area contributed by atoms with Gasteiger partial charge in [-0.25, -0.2) is 0 Å². The first-order valence-corrected chi connectivity index (χ1v) is 5.49. The second-order valence-electron chi connectivity index (χ2n) is 2.92.